The van der Waals surface area contributed by atoms with Crippen LogP contribution >= 0.6 is 22.6 Å². The number of nitrogens with one attached hydrogen (secondary N) is 3. The number of benzene rings is 2. The second-order valence-electron chi connectivity index (χ2n) is 6.30. The number of hydrogen-bond acceptors (Lipinski definition) is 5. The number of hydroxylamine groups is 1. The van der Waals surface area contributed by atoms with Crippen LogP contribution in [0.5, 0.6) is 0 Å². The van der Waals surface area contributed by atoms with Crippen LogP contribution < -0.4 is 16.1 Å². The molecule has 1 amide bonds. The molecule has 0 unspecified atom stereocenters. The highest BCUT2D eigenvalue weighted by Crippen LogP contribution is 2.32. The van der Waals surface area contributed by atoms with Crippen LogP contribution in [-0.2, 0) is 11.9 Å². The highest BCUT2D eigenvalue weighted by Gasteiger charge is 2.22. The molecular formula is C19H21FIN5O2. The van der Waals surface area contributed by atoms with Crippen molar-refractivity contribution >= 4 is 50.9 Å². The number of nitrogens with zero attached hydrogens (tertiary/aromatic N) is 2. The minimum atomic E-state index is -0.587. The molecule has 3 rings (SSSR count). The molecule has 1 aromatic heterocycles. The van der Waals surface area contributed by atoms with Crippen molar-refractivity contribution in [3.63, 3.8) is 0 Å². The van der Waals surface area contributed by atoms with E-state index in [-0.39, 0.29) is 23.4 Å². The van der Waals surface area contributed by atoms with Gasteiger partial charge >= 0.3 is 0 Å². The molecule has 0 fully saturated rings. The third kappa shape index (κ3) is 4.26. The highest BCUT2D eigenvalue weighted by molar-refractivity contribution is 14.1. The van der Waals surface area contributed by atoms with Gasteiger partial charge in [-0.3, -0.25) is 9.63 Å². The number of fused-ring (bicyclic) bond motifs is 1. The Balaban J connectivity index is 2.03. The zero-order valence-corrected chi connectivity index (χ0v) is 17.9. The van der Waals surface area contributed by atoms with Gasteiger partial charge in [0.15, 0.2) is 5.82 Å². The Kier molecular flexibility index (Phi) is 6.47. The van der Waals surface area contributed by atoms with Crippen molar-refractivity contribution in [1.82, 2.24) is 20.3 Å². The van der Waals surface area contributed by atoms with Crippen molar-refractivity contribution in [2.24, 2.45) is 7.05 Å². The number of aryl methyl sites for hydroxylation is 2. The Morgan fingerprint density at radius 3 is 2.86 bits per heavy atom. The molecule has 148 valence electrons. The number of rotatable bonds is 7. The Bertz CT molecular complexity index is 1020. The van der Waals surface area contributed by atoms with Gasteiger partial charge in [0.25, 0.3) is 5.91 Å². The predicted molar refractivity (Wildman–Crippen MR) is 115 cm³/mol. The molecule has 7 nitrogen and oxygen atoms in total. The highest BCUT2D eigenvalue weighted by atomic mass is 127. The fourth-order valence-electron chi connectivity index (χ4n) is 2.75. The largest absolute Gasteiger partial charge is 0.352 e. The van der Waals surface area contributed by atoms with E-state index < -0.39 is 11.7 Å². The number of hydrogen-bond donors (Lipinski definition) is 3. The number of imidazole rings is 1. The maximum Gasteiger partial charge on any atom is 0.277 e. The first-order valence-electron chi connectivity index (χ1n) is 8.65. The first-order chi connectivity index (χ1) is 13.4. The lowest BCUT2D eigenvalue weighted by Crippen LogP contribution is -2.28. The first kappa shape index (κ1) is 20.5. The lowest BCUT2D eigenvalue weighted by atomic mass is 10.1. The van der Waals surface area contributed by atoms with Gasteiger partial charge in [-0.1, -0.05) is 0 Å². The first-order valence-corrected chi connectivity index (χ1v) is 9.73. The SMILES string of the molecule is CNCCONC(=O)c1cc2c(ncn2C)c(F)c1Nc1ccc(I)cc1C. The molecule has 9 heteroatoms. The van der Waals surface area contributed by atoms with Crippen LogP contribution in [0.2, 0.25) is 0 Å². The summed E-state index contributed by atoms with van der Waals surface area (Å²) in [5.41, 5.74) is 4.92. The van der Waals surface area contributed by atoms with Crippen LogP contribution in [0.1, 0.15) is 15.9 Å². The maximum absolute atomic E-state index is 15.3. The van der Waals surface area contributed by atoms with Gasteiger partial charge < -0.3 is 15.2 Å². The predicted octanol–water partition coefficient (Wildman–Crippen LogP) is 3.25. The third-order valence-electron chi connectivity index (χ3n) is 4.27. The number of carbonyl (C=O) groups is 1. The van der Waals surface area contributed by atoms with E-state index in [2.05, 4.69) is 43.7 Å². The van der Waals surface area contributed by atoms with Crippen molar-refractivity contribution < 1.29 is 14.0 Å². The summed E-state index contributed by atoms with van der Waals surface area (Å²) in [5.74, 6) is -1.12. The molecule has 0 saturated carbocycles. The zero-order valence-electron chi connectivity index (χ0n) is 15.8. The van der Waals surface area contributed by atoms with E-state index in [1.54, 1.807) is 24.7 Å². The fraction of sp³-hybridized carbons (Fsp3) is 0.263. The summed E-state index contributed by atoms with van der Waals surface area (Å²) in [6, 6.07) is 7.34. The number of aromatic nitrogens is 2. The zero-order chi connectivity index (χ0) is 20.3. The molecule has 3 N–H and O–H groups in total. The molecule has 0 saturated heterocycles. The van der Waals surface area contributed by atoms with Crippen LogP contribution in [0.4, 0.5) is 15.8 Å². The minimum Gasteiger partial charge on any atom is -0.352 e. The van der Waals surface area contributed by atoms with Gasteiger partial charge in [-0.2, -0.15) is 0 Å². The third-order valence-corrected chi connectivity index (χ3v) is 4.94. The summed E-state index contributed by atoms with van der Waals surface area (Å²) in [7, 11) is 3.53. The van der Waals surface area contributed by atoms with Gasteiger partial charge in [-0.25, -0.2) is 14.9 Å². The fourth-order valence-corrected chi connectivity index (χ4v) is 3.40. The lowest BCUT2D eigenvalue weighted by molar-refractivity contribution is 0.0329. The summed E-state index contributed by atoms with van der Waals surface area (Å²) < 4.78 is 18.0. The van der Waals surface area contributed by atoms with Crippen LogP contribution in [0.3, 0.4) is 0 Å². The van der Waals surface area contributed by atoms with Crippen LogP contribution in [0.25, 0.3) is 11.0 Å². The van der Waals surface area contributed by atoms with Gasteiger partial charge in [0.05, 0.1) is 29.7 Å². The van der Waals surface area contributed by atoms with Crippen molar-refractivity contribution in [3.8, 4) is 0 Å². The number of likely N-dealkylation sites (N-methyl/N-ethyl adjacent to an activating group) is 1. The van der Waals surface area contributed by atoms with E-state index in [1.807, 2.05) is 25.1 Å². The molecule has 0 atom stereocenters. The number of carbonyl (C=O) groups excluding carboxylic acids is 1. The summed E-state index contributed by atoms with van der Waals surface area (Å²) in [6.45, 7) is 2.78. The molecule has 3 aromatic rings. The number of amides is 1. The smallest absolute Gasteiger partial charge is 0.277 e. The molecule has 0 spiro atoms. The minimum absolute atomic E-state index is 0.0604. The molecule has 0 aliphatic rings. The number of anilines is 2. The average molecular weight is 497 g/mol. The van der Waals surface area contributed by atoms with E-state index in [4.69, 9.17) is 4.84 Å². The Morgan fingerprint density at radius 2 is 2.14 bits per heavy atom. The lowest BCUT2D eigenvalue weighted by Gasteiger charge is -2.16. The molecule has 0 radical (unpaired) electrons. The second kappa shape index (κ2) is 8.84. The number of halogens is 2. The van der Waals surface area contributed by atoms with Gasteiger partial charge in [0.2, 0.25) is 0 Å². The molecular weight excluding hydrogens is 476 g/mol. The van der Waals surface area contributed by atoms with Crippen LogP contribution in [0, 0.1) is 16.3 Å². The molecule has 0 bridgehead atoms. The summed E-state index contributed by atoms with van der Waals surface area (Å²) in [6.07, 6.45) is 1.51. The monoisotopic (exact) mass is 497 g/mol. The second-order valence-corrected chi connectivity index (χ2v) is 7.55. The standard InChI is InChI=1S/C19H21FIN5O2/c1-11-8-12(21)4-5-14(11)24-17-13(19(27)25-28-7-6-22-2)9-15-18(16(17)20)23-10-26(15)3/h4-5,8-10,22,24H,6-7H2,1-3H3,(H,25,27). The summed E-state index contributed by atoms with van der Waals surface area (Å²) in [5, 5.41) is 5.98. The van der Waals surface area contributed by atoms with E-state index >= 15 is 4.39 Å². The Hall–Kier alpha value is -2.24. The van der Waals surface area contributed by atoms with Gasteiger partial charge in [-0.15, -0.1) is 0 Å². The van der Waals surface area contributed by atoms with Crippen molar-refractivity contribution in [2.45, 2.75) is 6.92 Å². The quantitative estimate of drug-likeness (QED) is 0.266. The summed E-state index contributed by atoms with van der Waals surface area (Å²) in [4.78, 5) is 22.0. The molecule has 28 heavy (non-hydrogen) atoms. The van der Waals surface area contributed by atoms with Crippen molar-refractivity contribution in [1.29, 1.82) is 0 Å². The topological polar surface area (TPSA) is 80.2 Å². The van der Waals surface area contributed by atoms with Crippen molar-refractivity contribution in [3.05, 3.63) is 51.1 Å². The molecule has 0 aliphatic carbocycles. The Morgan fingerprint density at radius 1 is 1.36 bits per heavy atom. The van der Waals surface area contributed by atoms with Gasteiger partial charge in [0.1, 0.15) is 5.52 Å². The van der Waals surface area contributed by atoms with E-state index in [0.717, 1.165) is 9.13 Å². The average Bonchev–Trinajstić information content (AvgIpc) is 3.03. The molecule has 0 aliphatic heterocycles. The van der Waals surface area contributed by atoms with Crippen molar-refractivity contribution in [2.75, 3.05) is 25.5 Å². The van der Waals surface area contributed by atoms with Gasteiger partial charge in [0, 0.05) is 22.8 Å². The normalized spacial score (nSPS) is 11.0. The van der Waals surface area contributed by atoms with Gasteiger partial charge in [-0.05, 0) is 66.4 Å². The molecule has 2 aromatic carbocycles. The molecule has 1 heterocycles. The van der Waals surface area contributed by atoms with Crippen LogP contribution in [-0.4, -0.2) is 35.7 Å². The Labute approximate surface area is 175 Å². The maximum atomic E-state index is 15.3. The van der Waals surface area contributed by atoms with E-state index in [9.17, 15) is 4.79 Å². The summed E-state index contributed by atoms with van der Waals surface area (Å²) >= 11 is 2.21. The van der Waals surface area contributed by atoms with E-state index in [0.29, 0.717) is 17.7 Å². The van der Waals surface area contributed by atoms with Crippen LogP contribution in [0.15, 0.2) is 30.6 Å². The van der Waals surface area contributed by atoms with E-state index in [1.165, 1.54) is 6.33 Å².